The first-order valence-corrected chi connectivity index (χ1v) is 23.7. The first-order valence-electron chi connectivity index (χ1n) is 22.2. The minimum absolute atomic E-state index is 0.0245. The molecule has 0 saturated carbocycles. The Bertz CT molecular complexity index is 962. The van der Waals surface area contributed by atoms with E-state index in [0.717, 1.165) is 51.4 Å². The predicted octanol–water partition coefficient (Wildman–Crippen LogP) is 12.4. The number of esters is 1. The van der Waals surface area contributed by atoms with Gasteiger partial charge in [0.2, 0.25) is 0 Å². The number of hydrogen-bond acceptors (Lipinski definition) is 7. The van der Waals surface area contributed by atoms with Crippen molar-refractivity contribution in [2.75, 3.05) is 54.1 Å². The van der Waals surface area contributed by atoms with E-state index in [-0.39, 0.29) is 25.8 Å². The second-order valence-corrected chi connectivity index (χ2v) is 17.5. The summed E-state index contributed by atoms with van der Waals surface area (Å²) in [6.07, 6.45) is 44.4. The zero-order valence-electron chi connectivity index (χ0n) is 35.9. The Morgan fingerprint density at radius 2 is 1.02 bits per heavy atom. The molecule has 0 rings (SSSR count). The molecule has 8 nitrogen and oxygen atoms in total. The summed E-state index contributed by atoms with van der Waals surface area (Å²) in [6, 6.07) is 0. The van der Waals surface area contributed by atoms with Gasteiger partial charge in [-0.1, -0.05) is 166 Å². The molecular formula is C45H86NO7P. The molecule has 0 aromatic carbocycles. The number of carbonyl (C=O) groups excluding carboxylic acids is 1. The second-order valence-electron chi connectivity index (χ2n) is 16.1. The summed E-state index contributed by atoms with van der Waals surface area (Å²) in [7, 11) is 1.35. The van der Waals surface area contributed by atoms with Crippen molar-refractivity contribution in [1.82, 2.24) is 0 Å². The van der Waals surface area contributed by atoms with Gasteiger partial charge < -0.3 is 27.9 Å². The Kier molecular flexibility index (Phi) is 37.7. The van der Waals surface area contributed by atoms with Crippen LogP contribution in [0, 0.1) is 0 Å². The molecule has 9 heteroatoms. The van der Waals surface area contributed by atoms with Crippen LogP contribution in [0.1, 0.15) is 187 Å². The minimum Gasteiger partial charge on any atom is -0.756 e. The first kappa shape index (κ1) is 52.7. The number of allylic oxidation sites excluding steroid dienone is 6. The van der Waals surface area contributed by atoms with Gasteiger partial charge in [-0.25, -0.2) is 0 Å². The van der Waals surface area contributed by atoms with E-state index in [1.165, 1.54) is 116 Å². The largest absolute Gasteiger partial charge is 0.756 e. The van der Waals surface area contributed by atoms with Crippen molar-refractivity contribution in [3.63, 3.8) is 0 Å². The number of ether oxygens (including phenoxy) is 2. The van der Waals surface area contributed by atoms with Crippen molar-refractivity contribution in [3.8, 4) is 0 Å². The molecule has 0 aromatic rings. The van der Waals surface area contributed by atoms with E-state index in [1.807, 2.05) is 21.1 Å². The number of phosphoric ester groups is 1. The Balaban J connectivity index is 4.16. The third kappa shape index (κ3) is 41.9. The highest BCUT2D eigenvalue weighted by molar-refractivity contribution is 7.45. The van der Waals surface area contributed by atoms with Crippen LogP contribution in [-0.2, 0) is 27.9 Å². The first-order chi connectivity index (χ1) is 26.1. The van der Waals surface area contributed by atoms with E-state index < -0.39 is 13.9 Å². The number of unbranched alkanes of at least 4 members (excludes halogenated alkanes) is 21. The van der Waals surface area contributed by atoms with Crippen LogP contribution >= 0.6 is 7.82 Å². The van der Waals surface area contributed by atoms with Crippen LogP contribution in [0.5, 0.6) is 0 Å². The molecule has 318 valence electrons. The molecule has 0 amide bonds. The quantitative estimate of drug-likeness (QED) is 0.0200. The van der Waals surface area contributed by atoms with Crippen molar-refractivity contribution in [2.24, 2.45) is 0 Å². The average molecular weight is 784 g/mol. The highest BCUT2D eigenvalue weighted by Crippen LogP contribution is 2.38. The molecule has 0 radical (unpaired) electrons. The molecule has 0 aliphatic carbocycles. The Hall–Kier alpha value is -1.28. The maximum Gasteiger partial charge on any atom is 0.306 e. The van der Waals surface area contributed by atoms with Gasteiger partial charge in [0.25, 0.3) is 7.82 Å². The summed E-state index contributed by atoms with van der Waals surface area (Å²) in [5.41, 5.74) is 0. The smallest absolute Gasteiger partial charge is 0.306 e. The molecule has 0 aliphatic heterocycles. The number of hydrogen-bond donors (Lipinski definition) is 0. The lowest BCUT2D eigenvalue weighted by molar-refractivity contribution is -0.870. The third-order valence-electron chi connectivity index (χ3n) is 9.44. The Morgan fingerprint density at radius 1 is 0.574 bits per heavy atom. The molecule has 0 fully saturated rings. The van der Waals surface area contributed by atoms with Crippen LogP contribution in [-0.4, -0.2) is 70.7 Å². The topological polar surface area (TPSA) is 94.1 Å². The van der Waals surface area contributed by atoms with Gasteiger partial charge in [-0.2, -0.15) is 0 Å². The summed E-state index contributed by atoms with van der Waals surface area (Å²) in [6.45, 7) is 5.37. The van der Waals surface area contributed by atoms with Crippen molar-refractivity contribution in [3.05, 3.63) is 36.5 Å². The molecule has 0 aromatic heterocycles. The minimum atomic E-state index is -4.52. The van der Waals surface area contributed by atoms with Gasteiger partial charge in [0.05, 0.1) is 34.4 Å². The van der Waals surface area contributed by atoms with E-state index in [2.05, 4.69) is 50.3 Å². The van der Waals surface area contributed by atoms with Gasteiger partial charge in [0.1, 0.15) is 19.3 Å². The number of nitrogens with zero attached hydrogens (tertiary/aromatic N) is 1. The van der Waals surface area contributed by atoms with Crippen LogP contribution in [0.25, 0.3) is 0 Å². The van der Waals surface area contributed by atoms with Gasteiger partial charge >= 0.3 is 5.97 Å². The molecule has 2 atom stereocenters. The molecule has 2 unspecified atom stereocenters. The van der Waals surface area contributed by atoms with Crippen LogP contribution < -0.4 is 4.89 Å². The fourth-order valence-electron chi connectivity index (χ4n) is 5.96. The summed E-state index contributed by atoms with van der Waals surface area (Å²) in [5.74, 6) is -0.340. The number of rotatable bonds is 41. The average Bonchev–Trinajstić information content (AvgIpc) is 3.12. The lowest BCUT2D eigenvalue weighted by Crippen LogP contribution is -2.37. The Morgan fingerprint density at radius 3 is 1.52 bits per heavy atom. The number of carbonyl (C=O) groups is 1. The SMILES string of the molecule is CCCCCCC/C=C\C/C=C\C/C=C\CCCCCCCCCOCC(COP(=O)([O-])OCC[N+](C)(C)C)OC(=O)CCCCCCCCCCCC. The lowest BCUT2D eigenvalue weighted by atomic mass is 10.1. The second kappa shape index (κ2) is 38.6. The summed E-state index contributed by atoms with van der Waals surface area (Å²) >= 11 is 0. The van der Waals surface area contributed by atoms with E-state index in [0.29, 0.717) is 24.1 Å². The zero-order valence-corrected chi connectivity index (χ0v) is 36.8. The van der Waals surface area contributed by atoms with E-state index >= 15 is 0 Å². The van der Waals surface area contributed by atoms with Gasteiger partial charge in [-0.15, -0.1) is 0 Å². The van der Waals surface area contributed by atoms with Crippen molar-refractivity contribution >= 4 is 13.8 Å². The van der Waals surface area contributed by atoms with Gasteiger partial charge in [-0.3, -0.25) is 9.36 Å². The van der Waals surface area contributed by atoms with Crippen LogP contribution in [0.4, 0.5) is 0 Å². The number of quaternary nitrogens is 1. The molecular weight excluding hydrogens is 697 g/mol. The summed E-state index contributed by atoms with van der Waals surface area (Å²) in [4.78, 5) is 25.0. The van der Waals surface area contributed by atoms with Gasteiger partial charge in [0.15, 0.2) is 0 Å². The lowest BCUT2D eigenvalue weighted by Gasteiger charge is -2.28. The summed E-state index contributed by atoms with van der Waals surface area (Å²) < 4.78 is 34.5. The molecule has 0 spiro atoms. The molecule has 0 bridgehead atoms. The van der Waals surface area contributed by atoms with Crippen molar-refractivity contribution in [2.45, 2.75) is 193 Å². The van der Waals surface area contributed by atoms with E-state index in [9.17, 15) is 14.3 Å². The molecule has 0 N–H and O–H groups in total. The fraction of sp³-hybridized carbons (Fsp3) is 0.844. The van der Waals surface area contributed by atoms with Gasteiger partial charge in [-0.05, 0) is 51.4 Å². The Labute approximate surface area is 334 Å². The van der Waals surface area contributed by atoms with E-state index in [4.69, 9.17) is 18.5 Å². The molecule has 0 saturated heterocycles. The summed E-state index contributed by atoms with van der Waals surface area (Å²) in [5, 5.41) is 0. The zero-order chi connectivity index (χ0) is 39.9. The van der Waals surface area contributed by atoms with Gasteiger partial charge in [0, 0.05) is 13.0 Å². The molecule has 0 heterocycles. The molecule has 0 aliphatic rings. The highest BCUT2D eigenvalue weighted by Gasteiger charge is 2.20. The van der Waals surface area contributed by atoms with Crippen LogP contribution in [0.2, 0.25) is 0 Å². The maximum absolute atomic E-state index is 12.6. The predicted molar refractivity (Wildman–Crippen MR) is 227 cm³/mol. The van der Waals surface area contributed by atoms with Crippen molar-refractivity contribution < 1.29 is 37.3 Å². The third-order valence-corrected chi connectivity index (χ3v) is 10.4. The number of likely N-dealkylation sites (N-methyl/N-ethyl adjacent to an activating group) is 1. The van der Waals surface area contributed by atoms with Crippen LogP contribution in [0.3, 0.4) is 0 Å². The monoisotopic (exact) mass is 784 g/mol. The van der Waals surface area contributed by atoms with E-state index in [1.54, 1.807) is 0 Å². The van der Waals surface area contributed by atoms with Crippen molar-refractivity contribution in [1.29, 1.82) is 0 Å². The standard InChI is InChI=1S/C45H86NO7P/c1-6-8-10-12-14-16-18-19-20-21-22-23-24-25-26-27-28-29-31-33-35-37-40-50-42-44(43-52-54(48,49)51-41-39-46(3,4)5)53-45(47)38-36-34-32-30-17-15-13-11-9-7-2/h18-19,21-22,24-25,44H,6-17,20,23,26-43H2,1-5H3/b19-18-,22-21-,25-24-. The number of phosphoric acid groups is 1. The normalized spacial score (nSPS) is 14.1. The highest BCUT2D eigenvalue weighted by atomic mass is 31.2. The fourth-order valence-corrected chi connectivity index (χ4v) is 6.69. The van der Waals surface area contributed by atoms with Crippen LogP contribution in [0.15, 0.2) is 36.5 Å². The maximum atomic E-state index is 12.6. The molecule has 54 heavy (non-hydrogen) atoms.